The Hall–Kier alpha value is -0.930. The summed E-state index contributed by atoms with van der Waals surface area (Å²) in [6.45, 7) is 5.79. The fraction of sp³-hybridized carbons (Fsp3) is 0.545. The summed E-state index contributed by atoms with van der Waals surface area (Å²) in [5.41, 5.74) is 8.05. The number of pyridine rings is 1. The van der Waals surface area contributed by atoms with Gasteiger partial charge in [0.25, 0.3) is 0 Å². The Morgan fingerprint density at radius 1 is 1.50 bits per heavy atom. The van der Waals surface area contributed by atoms with Crippen LogP contribution >= 0.6 is 0 Å². The maximum atomic E-state index is 5.60. The monoisotopic (exact) mass is 193 g/mol. The van der Waals surface area contributed by atoms with E-state index in [1.165, 1.54) is 11.1 Å². The number of likely N-dealkylation sites (N-methyl/N-ethyl adjacent to an activating group) is 1. The first-order valence-electron chi connectivity index (χ1n) is 4.94. The van der Waals surface area contributed by atoms with Crippen LogP contribution in [0.25, 0.3) is 0 Å². The molecule has 1 heterocycles. The number of nitrogens with two attached hydrogens (primary N) is 1. The summed E-state index contributed by atoms with van der Waals surface area (Å²) in [4.78, 5) is 6.40. The second kappa shape index (κ2) is 5.08. The Morgan fingerprint density at radius 2 is 2.21 bits per heavy atom. The molecule has 2 N–H and O–H groups in total. The zero-order valence-electron chi connectivity index (χ0n) is 9.20. The molecule has 78 valence electrons. The molecule has 1 rings (SSSR count). The van der Waals surface area contributed by atoms with Gasteiger partial charge in [0.05, 0.1) is 0 Å². The van der Waals surface area contributed by atoms with Gasteiger partial charge in [0.2, 0.25) is 0 Å². The Balaban J connectivity index is 2.60. The molecule has 0 aliphatic rings. The summed E-state index contributed by atoms with van der Waals surface area (Å²) in [7, 11) is 2.08. The highest BCUT2D eigenvalue weighted by Gasteiger charge is 2.07. The summed E-state index contributed by atoms with van der Waals surface area (Å²) in [6, 6.07) is 2.57. The lowest BCUT2D eigenvalue weighted by Gasteiger charge is -2.23. The van der Waals surface area contributed by atoms with Gasteiger partial charge >= 0.3 is 0 Å². The molecule has 0 spiro atoms. The van der Waals surface area contributed by atoms with Gasteiger partial charge in [0, 0.05) is 31.5 Å². The van der Waals surface area contributed by atoms with Gasteiger partial charge in [-0.3, -0.25) is 9.88 Å². The summed E-state index contributed by atoms with van der Waals surface area (Å²) >= 11 is 0. The van der Waals surface area contributed by atoms with Crippen molar-refractivity contribution >= 4 is 0 Å². The van der Waals surface area contributed by atoms with E-state index in [0.717, 1.165) is 6.54 Å². The van der Waals surface area contributed by atoms with Crippen molar-refractivity contribution in [3.8, 4) is 0 Å². The molecular weight excluding hydrogens is 174 g/mol. The highest BCUT2D eigenvalue weighted by molar-refractivity contribution is 5.16. The Kier molecular flexibility index (Phi) is 4.04. The molecule has 3 heteroatoms. The molecule has 14 heavy (non-hydrogen) atoms. The highest BCUT2D eigenvalue weighted by atomic mass is 15.1. The standard InChI is InChI=1S/C11H19N3/c1-9-4-11(7-13-6-9)8-14(3)10(2)5-12/h4,6-7,10H,5,8,12H2,1-3H3. The largest absolute Gasteiger partial charge is 0.329 e. The van der Waals surface area contributed by atoms with Crippen molar-refractivity contribution in [2.45, 2.75) is 26.4 Å². The lowest BCUT2D eigenvalue weighted by atomic mass is 10.2. The van der Waals surface area contributed by atoms with E-state index in [2.05, 4.69) is 36.8 Å². The van der Waals surface area contributed by atoms with Crippen LogP contribution in [0.2, 0.25) is 0 Å². The van der Waals surface area contributed by atoms with Gasteiger partial charge in [0.1, 0.15) is 0 Å². The van der Waals surface area contributed by atoms with Crippen LogP contribution in [0.4, 0.5) is 0 Å². The van der Waals surface area contributed by atoms with Crippen molar-refractivity contribution in [3.05, 3.63) is 29.6 Å². The molecule has 0 amide bonds. The van der Waals surface area contributed by atoms with Gasteiger partial charge in [-0.1, -0.05) is 6.07 Å². The van der Waals surface area contributed by atoms with Gasteiger partial charge in [-0.25, -0.2) is 0 Å². The molecule has 1 aromatic heterocycles. The van der Waals surface area contributed by atoms with Crippen LogP contribution in [-0.4, -0.2) is 29.5 Å². The maximum Gasteiger partial charge on any atom is 0.0313 e. The lowest BCUT2D eigenvalue weighted by molar-refractivity contribution is 0.254. The average Bonchev–Trinajstić information content (AvgIpc) is 2.16. The maximum absolute atomic E-state index is 5.60. The zero-order valence-corrected chi connectivity index (χ0v) is 9.20. The predicted octanol–water partition coefficient (Wildman–Crippen LogP) is 1.17. The van der Waals surface area contributed by atoms with Gasteiger partial charge in [-0.05, 0) is 32.0 Å². The summed E-state index contributed by atoms with van der Waals surface area (Å²) in [5.74, 6) is 0. The molecule has 0 aliphatic carbocycles. The first-order chi connectivity index (χ1) is 6.63. The second-order valence-electron chi connectivity index (χ2n) is 3.87. The number of rotatable bonds is 4. The number of nitrogens with zero attached hydrogens (tertiary/aromatic N) is 2. The van der Waals surface area contributed by atoms with Crippen molar-refractivity contribution in [1.29, 1.82) is 0 Å². The Labute approximate surface area is 85.9 Å². The van der Waals surface area contributed by atoms with E-state index in [9.17, 15) is 0 Å². The van der Waals surface area contributed by atoms with Crippen molar-refractivity contribution in [3.63, 3.8) is 0 Å². The van der Waals surface area contributed by atoms with E-state index in [-0.39, 0.29) is 0 Å². The van der Waals surface area contributed by atoms with Gasteiger partial charge in [0.15, 0.2) is 0 Å². The third-order valence-electron chi connectivity index (χ3n) is 2.46. The minimum absolute atomic E-state index is 0.413. The number of aryl methyl sites for hydroxylation is 1. The van der Waals surface area contributed by atoms with Crippen molar-refractivity contribution in [1.82, 2.24) is 9.88 Å². The predicted molar refractivity (Wildman–Crippen MR) is 59.0 cm³/mol. The van der Waals surface area contributed by atoms with Crippen LogP contribution in [0.5, 0.6) is 0 Å². The highest BCUT2D eigenvalue weighted by Crippen LogP contribution is 2.06. The summed E-state index contributed by atoms with van der Waals surface area (Å²) in [6.07, 6.45) is 3.78. The van der Waals surface area contributed by atoms with Crippen LogP contribution in [0.1, 0.15) is 18.1 Å². The third-order valence-corrected chi connectivity index (χ3v) is 2.46. The first-order valence-corrected chi connectivity index (χ1v) is 4.94. The average molecular weight is 193 g/mol. The van der Waals surface area contributed by atoms with E-state index >= 15 is 0 Å². The third kappa shape index (κ3) is 3.09. The van der Waals surface area contributed by atoms with E-state index < -0.39 is 0 Å². The molecule has 0 aliphatic heterocycles. The topological polar surface area (TPSA) is 42.2 Å². The van der Waals surface area contributed by atoms with E-state index in [0.29, 0.717) is 12.6 Å². The summed E-state index contributed by atoms with van der Waals surface area (Å²) in [5, 5.41) is 0. The molecule has 0 radical (unpaired) electrons. The minimum atomic E-state index is 0.413. The van der Waals surface area contributed by atoms with Gasteiger partial charge in [-0.15, -0.1) is 0 Å². The fourth-order valence-corrected chi connectivity index (χ4v) is 1.33. The molecule has 1 unspecified atom stereocenters. The molecule has 0 saturated carbocycles. The van der Waals surface area contributed by atoms with Crippen LogP contribution in [-0.2, 0) is 6.54 Å². The zero-order chi connectivity index (χ0) is 10.6. The molecule has 1 atom stereocenters. The smallest absolute Gasteiger partial charge is 0.0313 e. The van der Waals surface area contributed by atoms with Crippen molar-refractivity contribution < 1.29 is 0 Å². The molecule has 3 nitrogen and oxygen atoms in total. The van der Waals surface area contributed by atoms with Gasteiger partial charge in [-0.2, -0.15) is 0 Å². The molecule has 0 saturated heterocycles. The number of hydrogen-bond donors (Lipinski definition) is 1. The molecule has 0 bridgehead atoms. The Morgan fingerprint density at radius 3 is 2.79 bits per heavy atom. The Bertz CT molecular complexity index is 286. The fourth-order valence-electron chi connectivity index (χ4n) is 1.33. The molecule has 0 aromatic carbocycles. The normalized spacial score (nSPS) is 13.2. The van der Waals surface area contributed by atoms with Crippen molar-refractivity contribution in [2.75, 3.05) is 13.6 Å². The SMILES string of the molecule is Cc1cncc(CN(C)C(C)CN)c1. The van der Waals surface area contributed by atoms with Crippen molar-refractivity contribution in [2.24, 2.45) is 5.73 Å². The van der Waals surface area contributed by atoms with E-state index in [1.54, 1.807) is 0 Å². The lowest BCUT2D eigenvalue weighted by Crippen LogP contribution is -2.34. The van der Waals surface area contributed by atoms with Crippen LogP contribution in [0, 0.1) is 6.92 Å². The van der Waals surface area contributed by atoms with Gasteiger partial charge < -0.3 is 5.73 Å². The minimum Gasteiger partial charge on any atom is -0.329 e. The summed E-state index contributed by atoms with van der Waals surface area (Å²) < 4.78 is 0. The molecule has 0 fully saturated rings. The van der Waals surface area contributed by atoms with Crippen LogP contribution < -0.4 is 5.73 Å². The van der Waals surface area contributed by atoms with E-state index in [1.807, 2.05) is 12.4 Å². The number of hydrogen-bond acceptors (Lipinski definition) is 3. The molecule has 1 aromatic rings. The quantitative estimate of drug-likeness (QED) is 0.780. The van der Waals surface area contributed by atoms with E-state index in [4.69, 9.17) is 5.73 Å². The van der Waals surface area contributed by atoms with Crippen LogP contribution in [0.3, 0.4) is 0 Å². The molecular formula is C11H19N3. The first kappa shape index (κ1) is 11.1. The van der Waals surface area contributed by atoms with Crippen LogP contribution in [0.15, 0.2) is 18.5 Å². The number of aromatic nitrogens is 1. The second-order valence-corrected chi connectivity index (χ2v) is 3.87.